The van der Waals surface area contributed by atoms with Crippen LogP contribution in [-0.2, 0) is 13.0 Å². The van der Waals surface area contributed by atoms with Crippen LogP contribution in [0.15, 0.2) is 18.2 Å². The normalized spacial score (nSPS) is 9.33. The zero-order valence-corrected chi connectivity index (χ0v) is 6.49. The quantitative estimate of drug-likeness (QED) is 0.682. The Hall–Kier alpha value is -1.53. The van der Waals surface area contributed by atoms with Crippen molar-refractivity contribution >= 4 is 0 Å². The van der Waals surface area contributed by atoms with Crippen LogP contribution < -0.4 is 0 Å². The third kappa shape index (κ3) is 1.74. The van der Waals surface area contributed by atoms with Crippen molar-refractivity contribution in [2.45, 2.75) is 13.0 Å². The monoisotopic (exact) mass is 163 g/mol. The van der Waals surface area contributed by atoms with E-state index in [1.807, 2.05) is 6.07 Å². The van der Waals surface area contributed by atoms with Crippen LogP contribution in [0.25, 0.3) is 0 Å². The molecule has 0 aliphatic heterocycles. The molecule has 12 heavy (non-hydrogen) atoms. The topological polar surface area (TPSA) is 64.2 Å². The van der Waals surface area contributed by atoms with Gasteiger partial charge in [0.1, 0.15) is 5.75 Å². The zero-order valence-electron chi connectivity index (χ0n) is 6.49. The number of hydrogen-bond donors (Lipinski definition) is 2. The molecule has 1 aromatic carbocycles. The average Bonchev–Trinajstić information content (AvgIpc) is 2.05. The molecule has 0 aliphatic carbocycles. The van der Waals surface area contributed by atoms with Gasteiger partial charge in [-0.3, -0.25) is 0 Å². The maximum atomic E-state index is 9.25. The average molecular weight is 163 g/mol. The molecule has 0 saturated carbocycles. The second kappa shape index (κ2) is 3.74. The van der Waals surface area contributed by atoms with Crippen molar-refractivity contribution in [1.82, 2.24) is 0 Å². The van der Waals surface area contributed by atoms with E-state index in [0.717, 1.165) is 5.56 Å². The predicted octanol–water partition coefficient (Wildman–Crippen LogP) is 0.951. The molecule has 0 saturated heterocycles. The minimum atomic E-state index is -0.182. The molecule has 0 heterocycles. The van der Waals surface area contributed by atoms with Gasteiger partial charge < -0.3 is 10.2 Å². The maximum Gasteiger partial charge on any atom is 0.121 e. The second-order valence-corrected chi connectivity index (χ2v) is 2.46. The Balaban J connectivity index is 2.95. The lowest BCUT2D eigenvalue weighted by Crippen LogP contribution is -1.87. The molecule has 3 nitrogen and oxygen atoms in total. The molecule has 0 spiro atoms. The second-order valence-electron chi connectivity index (χ2n) is 2.46. The third-order valence-corrected chi connectivity index (χ3v) is 1.60. The molecule has 0 radical (unpaired) electrons. The molecular formula is C9H9NO2. The van der Waals surface area contributed by atoms with Gasteiger partial charge in [0.2, 0.25) is 0 Å². The minimum Gasteiger partial charge on any atom is -0.508 e. The summed E-state index contributed by atoms with van der Waals surface area (Å²) < 4.78 is 0. The molecular weight excluding hydrogens is 154 g/mol. The van der Waals surface area contributed by atoms with Gasteiger partial charge in [-0.05, 0) is 11.6 Å². The lowest BCUT2D eigenvalue weighted by atomic mass is 10.1. The fraction of sp³-hybridized carbons (Fsp3) is 0.222. The van der Waals surface area contributed by atoms with Crippen LogP contribution in [0.4, 0.5) is 0 Å². The molecule has 2 N–H and O–H groups in total. The number of aliphatic hydroxyl groups excluding tert-OH is 1. The van der Waals surface area contributed by atoms with Gasteiger partial charge >= 0.3 is 0 Å². The Morgan fingerprint density at radius 1 is 1.42 bits per heavy atom. The molecule has 0 aliphatic rings. The highest BCUT2D eigenvalue weighted by atomic mass is 16.3. The summed E-state index contributed by atoms with van der Waals surface area (Å²) in [5.41, 5.74) is 1.24. The van der Waals surface area contributed by atoms with Gasteiger partial charge in [0, 0.05) is 5.56 Å². The summed E-state index contributed by atoms with van der Waals surface area (Å²) >= 11 is 0. The molecule has 0 aromatic heterocycles. The number of hydrogen-bond acceptors (Lipinski definition) is 3. The maximum absolute atomic E-state index is 9.25. The number of nitriles is 1. The Kier molecular flexibility index (Phi) is 2.67. The standard InChI is InChI=1S/C9H9NO2/c10-4-3-7-1-2-8(6-11)9(12)5-7/h1-2,5,11-12H,3,6H2. The van der Waals surface area contributed by atoms with Crippen molar-refractivity contribution in [3.05, 3.63) is 29.3 Å². The summed E-state index contributed by atoms with van der Waals surface area (Å²) in [6, 6.07) is 6.80. The number of aromatic hydroxyl groups is 1. The van der Waals surface area contributed by atoms with E-state index in [9.17, 15) is 5.11 Å². The van der Waals surface area contributed by atoms with E-state index in [2.05, 4.69) is 0 Å². The smallest absolute Gasteiger partial charge is 0.121 e. The number of nitrogens with zero attached hydrogens (tertiary/aromatic N) is 1. The van der Waals surface area contributed by atoms with Gasteiger partial charge in [-0.25, -0.2) is 0 Å². The summed E-state index contributed by atoms with van der Waals surface area (Å²) in [5, 5.41) is 26.3. The van der Waals surface area contributed by atoms with E-state index in [4.69, 9.17) is 10.4 Å². The number of rotatable bonds is 2. The molecule has 1 aromatic rings. The van der Waals surface area contributed by atoms with Crippen LogP contribution in [0.3, 0.4) is 0 Å². The van der Waals surface area contributed by atoms with E-state index in [1.165, 1.54) is 6.07 Å². The third-order valence-electron chi connectivity index (χ3n) is 1.60. The van der Waals surface area contributed by atoms with Gasteiger partial charge in [0.05, 0.1) is 19.1 Å². The van der Waals surface area contributed by atoms with Crippen molar-refractivity contribution in [1.29, 1.82) is 5.26 Å². The zero-order chi connectivity index (χ0) is 8.97. The van der Waals surface area contributed by atoms with Crippen LogP contribution in [0.1, 0.15) is 11.1 Å². The van der Waals surface area contributed by atoms with E-state index in [1.54, 1.807) is 12.1 Å². The Morgan fingerprint density at radius 3 is 2.67 bits per heavy atom. The summed E-state index contributed by atoms with van der Waals surface area (Å²) in [5.74, 6) is 0.0465. The molecule has 0 bridgehead atoms. The van der Waals surface area contributed by atoms with Crippen LogP contribution in [0.5, 0.6) is 5.75 Å². The first-order valence-electron chi connectivity index (χ1n) is 3.56. The van der Waals surface area contributed by atoms with Crippen LogP contribution in [0, 0.1) is 11.3 Å². The summed E-state index contributed by atoms with van der Waals surface area (Å²) in [7, 11) is 0. The molecule has 0 atom stereocenters. The summed E-state index contributed by atoms with van der Waals surface area (Å²) in [4.78, 5) is 0. The van der Waals surface area contributed by atoms with Crippen molar-refractivity contribution in [2.24, 2.45) is 0 Å². The fourth-order valence-corrected chi connectivity index (χ4v) is 0.944. The molecule has 0 unspecified atom stereocenters. The number of aliphatic hydroxyl groups is 1. The Morgan fingerprint density at radius 2 is 2.17 bits per heavy atom. The fourth-order valence-electron chi connectivity index (χ4n) is 0.944. The lowest BCUT2D eigenvalue weighted by Gasteiger charge is -2.01. The van der Waals surface area contributed by atoms with Gasteiger partial charge in [-0.1, -0.05) is 12.1 Å². The highest BCUT2D eigenvalue weighted by Crippen LogP contribution is 2.18. The van der Waals surface area contributed by atoms with E-state index in [-0.39, 0.29) is 18.8 Å². The molecule has 0 amide bonds. The van der Waals surface area contributed by atoms with Crippen LogP contribution in [-0.4, -0.2) is 10.2 Å². The van der Waals surface area contributed by atoms with E-state index >= 15 is 0 Å². The van der Waals surface area contributed by atoms with E-state index < -0.39 is 0 Å². The van der Waals surface area contributed by atoms with Crippen molar-refractivity contribution in [3.63, 3.8) is 0 Å². The van der Waals surface area contributed by atoms with Gasteiger partial charge in [0.25, 0.3) is 0 Å². The lowest BCUT2D eigenvalue weighted by molar-refractivity contribution is 0.275. The van der Waals surface area contributed by atoms with Crippen molar-refractivity contribution in [3.8, 4) is 11.8 Å². The number of phenols is 1. The molecule has 1 rings (SSSR count). The summed E-state index contributed by atoms with van der Waals surface area (Å²) in [6.45, 7) is -0.182. The van der Waals surface area contributed by atoms with Crippen molar-refractivity contribution in [2.75, 3.05) is 0 Å². The van der Waals surface area contributed by atoms with Gasteiger partial charge in [0.15, 0.2) is 0 Å². The largest absolute Gasteiger partial charge is 0.508 e. The first kappa shape index (κ1) is 8.57. The number of benzene rings is 1. The first-order valence-corrected chi connectivity index (χ1v) is 3.56. The predicted molar refractivity (Wildman–Crippen MR) is 43.3 cm³/mol. The summed E-state index contributed by atoms with van der Waals surface area (Å²) in [6.07, 6.45) is 0.277. The Labute approximate surface area is 70.5 Å². The highest BCUT2D eigenvalue weighted by molar-refractivity contribution is 5.36. The van der Waals surface area contributed by atoms with Gasteiger partial charge in [-0.15, -0.1) is 0 Å². The molecule has 62 valence electrons. The van der Waals surface area contributed by atoms with Gasteiger partial charge in [-0.2, -0.15) is 5.26 Å². The van der Waals surface area contributed by atoms with Crippen molar-refractivity contribution < 1.29 is 10.2 Å². The SMILES string of the molecule is N#CCc1ccc(CO)c(O)c1. The first-order chi connectivity index (χ1) is 5.77. The van der Waals surface area contributed by atoms with E-state index in [0.29, 0.717) is 5.56 Å². The molecule has 0 fully saturated rings. The Bertz CT molecular complexity index is 315. The van der Waals surface area contributed by atoms with Crippen LogP contribution >= 0.6 is 0 Å². The molecule has 3 heteroatoms. The minimum absolute atomic E-state index is 0.0465. The van der Waals surface area contributed by atoms with Crippen LogP contribution in [0.2, 0.25) is 0 Å². The highest BCUT2D eigenvalue weighted by Gasteiger charge is 2.00.